The lowest BCUT2D eigenvalue weighted by atomic mass is 10.3. The number of hydrogen-bond donors (Lipinski definition) is 1. The third kappa shape index (κ3) is 1.23. The summed E-state index contributed by atoms with van der Waals surface area (Å²) in [6.45, 7) is 0.356. The zero-order valence-corrected chi connectivity index (χ0v) is 7.01. The van der Waals surface area contributed by atoms with Crippen LogP contribution >= 0.6 is 11.6 Å². The molecule has 1 aromatic carbocycles. The van der Waals surface area contributed by atoms with Gasteiger partial charge in [0.25, 0.3) is 0 Å². The maximum absolute atomic E-state index is 5.76. The third-order valence-electron chi connectivity index (χ3n) is 1.56. The van der Waals surface area contributed by atoms with E-state index in [0.717, 1.165) is 5.75 Å². The zero-order valence-electron chi connectivity index (χ0n) is 6.25. The van der Waals surface area contributed by atoms with Gasteiger partial charge in [-0.3, -0.25) is 0 Å². The number of rotatable bonds is 0. The molecule has 1 aliphatic heterocycles. The van der Waals surface area contributed by atoms with Crippen LogP contribution in [0.4, 0.5) is 5.69 Å². The molecule has 1 heterocycles. The second kappa shape index (κ2) is 2.68. The van der Waals surface area contributed by atoms with Crippen molar-refractivity contribution >= 4 is 23.1 Å². The number of nitrogens with two attached hydrogens (primary N) is 1. The van der Waals surface area contributed by atoms with E-state index >= 15 is 0 Å². The molecule has 0 saturated heterocycles. The van der Waals surface area contributed by atoms with Crippen molar-refractivity contribution in [3.63, 3.8) is 0 Å². The van der Waals surface area contributed by atoms with Gasteiger partial charge in [-0.1, -0.05) is 11.6 Å². The van der Waals surface area contributed by atoms with Gasteiger partial charge in [-0.2, -0.15) is 0 Å². The molecule has 0 radical (unpaired) electrons. The van der Waals surface area contributed by atoms with E-state index in [1.54, 1.807) is 18.2 Å². The Balaban J connectivity index is 2.53. The van der Waals surface area contributed by atoms with Crippen LogP contribution in [0.5, 0.6) is 5.75 Å². The normalized spacial score (nSPS) is 14.6. The molecular weight excluding hydrogens is 176 g/mol. The summed E-state index contributed by atoms with van der Waals surface area (Å²) in [5, 5.41) is 0.635. The number of aliphatic imine (C=N–C) groups is 1. The van der Waals surface area contributed by atoms with Crippen LogP contribution < -0.4 is 10.5 Å². The standard InChI is InChI=1S/C8H7ClN2O/c9-5-1-2-7-6(3-5)11-8(10)4-12-7/h1-3H,4H2,(H2,10,11). The summed E-state index contributed by atoms with van der Waals surface area (Å²) in [6, 6.07) is 5.27. The fourth-order valence-corrected chi connectivity index (χ4v) is 1.20. The number of benzene rings is 1. The molecule has 4 heteroatoms. The first-order chi connectivity index (χ1) is 5.75. The van der Waals surface area contributed by atoms with Crippen molar-refractivity contribution in [2.24, 2.45) is 10.7 Å². The van der Waals surface area contributed by atoms with E-state index in [0.29, 0.717) is 23.2 Å². The summed E-state index contributed by atoms with van der Waals surface area (Å²) in [5.41, 5.74) is 6.18. The Morgan fingerprint density at radius 1 is 1.50 bits per heavy atom. The van der Waals surface area contributed by atoms with Gasteiger partial charge in [0.1, 0.15) is 23.9 Å². The van der Waals surface area contributed by atoms with E-state index in [-0.39, 0.29) is 0 Å². The van der Waals surface area contributed by atoms with Gasteiger partial charge in [0.05, 0.1) is 0 Å². The molecule has 0 atom stereocenters. The predicted molar refractivity (Wildman–Crippen MR) is 48.2 cm³/mol. The highest BCUT2D eigenvalue weighted by Gasteiger charge is 2.10. The lowest BCUT2D eigenvalue weighted by Gasteiger charge is -2.13. The highest BCUT2D eigenvalue weighted by atomic mass is 35.5. The van der Waals surface area contributed by atoms with Crippen LogP contribution in [-0.2, 0) is 0 Å². The molecule has 62 valence electrons. The molecule has 0 aromatic heterocycles. The van der Waals surface area contributed by atoms with Gasteiger partial charge in [-0.25, -0.2) is 4.99 Å². The van der Waals surface area contributed by atoms with Gasteiger partial charge < -0.3 is 10.5 Å². The van der Waals surface area contributed by atoms with E-state index in [2.05, 4.69) is 4.99 Å². The molecule has 0 aliphatic carbocycles. The molecular formula is C8H7ClN2O. The first-order valence-corrected chi connectivity index (χ1v) is 3.89. The van der Waals surface area contributed by atoms with Crippen LogP contribution in [-0.4, -0.2) is 12.4 Å². The Morgan fingerprint density at radius 3 is 3.17 bits per heavy atom. The fourth-order valence-electron chi connectivity index (χ4n) is 1.04. The molecule has 3 nitrogen and oxygen atoms in total. The second-order valence-electron chi connectivity index (χ2n) is 2.50. The highest BCUT2D eigenvalue weighted by Crippen LogP contribution is 2.32. The Hall–Kier alpha value is -1.22. The number of hydrogen-bond acceptors (Lipinski definition) is 3. The van der Waals surface area contributed by atoms with Crippen molar-refractivity contribution in [3.8, 4) is 5.75 Å². The van der Waals surface area contributed by atoms with Gasteiger partial charge >= 0.3 is 0 Å². The Morgan fingerprint density at radius 2 is 2.33 bits per heavy atom. The molecule has 2 N–H and O–H groups in total. The molecule has 0 bridgehead atoms. The maximum Gasteiger partial charge on any atom is 0.145 e. The Bertz CT molecular complexity index is 349. The summed E-state index contributed by atoms with van der Waals surface area (Å²) in [4.78, 5) is 4.09. The molecule has 0 unspecified atom stereocenters. The largest absolute Gasteiger partial charge is 0.483 e. The van der Waals surface area contributed by atoms with E-state index in [4.69, 9.17) is 22.1 Å². The minimum atomic E-state index is 0.356. The molecule has 2 rings (SSSR count). The predicted octanol–water partition coefficient (Wildman–Crippen LogP) is 1.72. The van der Waals surface area contributed by atoms with Crippen LogP contribution in [0.1, 0.15) is 0 Å². The van der Waals surface area contributed by atoms with Crippen molar-refractivity contribution in [1.29, 1.82) is 0 Å². The highest BCUT2D eigenvalue weighted by molar-refractivity contribution is 6.30. The topological polar surface area (TPSA) is 47.6 Å². The lowest BCUT2D eigenvalue weighted by Crippen LogP contribution is -2.23. The molecule has 1 aromatic rings. The third-order valence-corrected chi connectivity index (χ3v) is 1.80. The molecule has 0 spiro atoms. The van der Waals surface area contributed by atoms with Crippen molar-refractivity contribution < 1.29 is 4.74 Å². The smallest absolute Gasteiger partial charge is 0.145 e. The maximum atomic E-state index is 5.76. The first-order valence-electron chi connectivity index (χ1n) is 3.51. The number of nitrogens with zero attached hydrogens (tertiary/aromatic N) is 1. The van der Waals surface area contributed by atoms with Crippen LogP contribution in [0.15, 0.2) is 23.2 Å². The van der Waals surface area contributed by atoms with E-state index in [1.165, 1.54) is 0 Å². The van der Waals surface area contributed by atoms with Crippen LogP contribution in [0.25, 0.3) is 0 Å². The van der Waals surface area contributed by atoms with E-state index < -0.39 is 0 Å². The molecule has 12 heavy (non-hydrogen) atoms. The monoisotopic (exact) mass is 182 g/mol. The van der Waals surface area contributed by atoms with Gasteiger partial charge in [-0.05, 0) is 18.2 Å². The van der Waals surface area contributed by atoms with Crippen molar-refractivity contribution in [2.45, 2.75) is 0 Å². The Kier molecular flexibility index (Phi) is 1.66. The van der Waals surface area contributed by atoms with Crippen molar-refractivity contribution in [1.82, 2.24) is 0 Å². The number of halogens is 1. The minimum Gasteiger partial charge on any atom is -0.483 e. The number of fused-ring (bicyclic) bond motifs is 1. The van der Waals surface area contributed by atoms with Gasteiger partial charge in [0.2, 0.25) is 0 Å². The summed E-state index contributed by atoms with van der Waals surface area (Å²) in [5.74, 6) is 1.21. The van der Waals surface area contributed by atoms with Crippen LogP contribution in [0.3, 0.4) is 0 Å². The molecule has 0 fully saturated rings. The van der Waals surface area contributed by atoms with Gasteiger partial charge in [-0.15, -0.1) is 0 Å². The first kappa shape index (κ1) is 7.43. The quantitative estimate of drug-likeness (QED) is 0.664. The minimum absolute atomic E-state index is 0.356. The summed E-state index contributed by atoms with van der Waals surface area (Å²) in [6.07, 6.45) is 0. The molecule has 0 saturated carbocycles. The zero-order chi connectivity index (χ0) is 8.55. The molecule has 0 amide bonds. The summed E-state index contributed by atoms with van der Waals surface area (Å²) in [7, 11) is 0. The van der Waals surface area contributed by atoms with Gasteiger partial charge in [0.15, 0.2) is 0 Å². The van der Waals surface area contributed by atoms with Crippen LogP contribution in [0.2, 0.25) is 5.02 Å². The summed E-state index contributed by atoms with van der Waals surface area (Å²) < 4.78 is 5.28. The fraction of sp³-hybridized carbons (Fsp3) is 0.125. The number of ether oxygens (including phenoxy) is 1. The van der Waals surface area contributed by atoms with Crippen molar-refractivity contribution in [2.75, 3.05) is 6.61 Å². The Labute approximate surface area is 74.8 Å². The van der Waals surface area contributed by atoms with Crippen molar-refractivity contribution in [3.05, 3.63) is 23.2 Å². The second-order valence-corrected chi connectivity index (χ2v) is 2.94. The molecule has 1 aliphatic rings. The van der Waals surface area contributed by atoms with E-state index in [1.807, 2.05) is 0 Å². The average Bonchev–Trinajstić information content (AvgIpc) is 2.03. The van der Waals surface area contributed by atoms with Crippen LogP contribution in [0, 0.1) is 0 Å². The van der Waals surface area contributed by atoms with Gasteiger partial charge in [0, 0.05) is 5.02 Å². The SMILES string of the molecule is NC1=Nc2cc(Cl)ccc2OC1. The summed E-state index contributed by atoms with van der Waals surface area (Å²) >= 11 is 5.76. The van der Waals surface area contributed by atoms with E-state index in [9.17, 15) is 0 Å². The lowest BCUT2D eigenvalue weighted by molar-refractivity contribution is 0.371. The average molecular weight is 183 g/mol. The number of amidine groups is 1.